The van der Waals surface area contributed by atoms with E-state index in [0.29, 0.717) is 17.4 Å². The molecule has 106 valence electrons. The topological polar surface area (TPSA) is 42.4 Å². The van der Waals surface area contributed by atoms with E-state index in [1.807, 2.05) is 19.1 Å². The monoisotopic (exact) mass is 271 g/mol. The Bertz CT molecular complexity index is 591. The molecule has 0 bridgehead atoms. The third-order valence-electron chi connectivity index (χ3n) is 3.25. The molecule has 0 unspecified atom stereocenters. The van der Waals surface area contributed by atoms with Gasteiger partial charge in [0.05, 0.1) is 6.10 Å². The number of aromatic nitrogens is 1. The van der Waals surface area contributed by atoms with Gasteiger partial charge in [0, 0.05) is 11.8 Å². The summed E-state index contributed by atoms with van der Waals surface area (Å²) in [5, 5.41) is 9.80. The molecule has 0 fully saturated rings. The summed E-state index contributed by atoms with van der Waals surface area (Å²) in [7, 11) is 0. The predicted molar refractivity (Wildman–Crippen MR) is 80.2 cm³/mol. The van der Waals surface area contributed by atoms with Gasteiger partial charge in [0.2, 0.25) is 5.88 Å². The van der Waals surface area contributed by atoms with Crippen molar-refractivity contribution >= 4 is 0 Å². The van der Waals surface area contributed by atoms with E-state index in [1.165, 1.54) is 0 Å². The molecular weight excluding hydrogens is 250 g/mol. The summed E-state index contributed by atoms with van der Waals surface area (Å²) in [6.07, 6.45) is 1.07. The first-order valence-electron chi connectivity index (χ1n) is 6.90. The maximum atomic E-state index is 9.80. The van der Waals surface area contributed by atoms with Crippen LogP contribution in [0.4, 0.5) is 0 Å². The molecule has 3 nitrogen and oxygen atoms in total. The minimum atomic E-state index is -0.606. The lowest BCUT2D eigenvalue weighted by Gasteiger charge is -2.16. The quantitative estimate of drug-likeness (QED) is 0.898. The van der Waals surface area contributed by atoms with Gasteiger partial charge in [0.25, 0.3) is 0 Å². The molecule has 0 saturated carbocycles. The summed E-state index contributed by atoms with van der Waals surface area (Å²) in [5.41, 5.74) is 2.97. The Kier molecular flexibility index (Phi) is 4.40. The number of aliphatic hydroxyl groups is 1. The minimum Gasteiger partial charge on any atom is -0.438 e. The molecule has 0 radical (unpaired) electrons. The summed E-state index contributed by atoms with van der Waals surface area (Å²) in [4.78, 5) is 4.24. The SMILES string of the molecule is Cc1ccc(C(C)C)c(Oc2ncccc2[C@H](C)O)c1. The van der Waals surface area contributed by atoms with Crippen LogP contribution in [0.2, 0.25) is 0 Å². The van der Waals surface area contributed by atoms with E-state index in [1.54, 1.807) is 19.2 Å². The van der Waals surface area contributed by atoms with E-state index in [4.69, 9.17) is 4.74 Å². The molecule has 20 heavy (non-hydrogen) atoms. The summed E-state index contributed by atoms with van der Waals surface area (Å²) in [6.45, 7) is 8.01. The molecule has 1 atom stereocenters. The van der Waals surface area contributed by atoms with Crippen LogP contribution in [0.3, 0.4) is 0 Å². The van der Waals surface area contributed by atoms with Gasteiger partial charge in [-0.05, 0) is 49.1 Å². The Hall–Kier alpha value is -1.87. The van der Waals surface area contributed by atoms with E-state index in [-0.39, 0.29) is 0 Å². The van der Waals surface area contributed by atoms with Crippen LogP contribution >= 0.6 is 0 Å². The molecule has 2 rings (SSSR count). The van der Waals surface area contributed by atoms with Crippen molar-refractivity contribution in [3.05, 3.63) is 53.2 Å². The zero-order valence-electron chi connectivity index (χ0n) is 12.4. The molecule has 0 saturated heterocycles. The van der Waals surface area contributed by atoms with Gasteiger partial charge < -0.3 is 9.84 Å². The number of pyridine rings is 1. The van der Waals surface area contributed by atoms with Crippen LogP contribution in [0, 0.1) is 6.92 Å². The molecule has 0 spiro atoms. The largest absolute Gasteiger partial charge is 0.438 e. The number of rotatable bonds is 4. The number of benzene rings is 1. The number of aryl methyl sites for hydroxylation is 1. The Labute approximate surface area is 120 Å². The van der Waals surface area contributed by atoms with Crippen molar-refractivity contribution < 1.29 is 9.84 Å². The molecule has 0 amide bonds. The van der Waals surface area contributed by atoms with Gasteiger partial charge in [-0.3, -0.25) is 0 Å². The molecular formula is C17H21NO2. The Morgan fingerprint density at radius 3 is 2.50 bits per heavy atom. The highest BCUT2D eigenvalue weighted by molar-refractivity contribution is 5.42. The Morgan fingerprint density at radius 2 is 1.85 bits per heavy atom. The predicted octanol–water partition coefficient (Wildman–Crippen LogP) is 4.36. The van der Waals surface area contributed by atoms with Crippen molar-refractivity contribution in [2.75, 3.05) is 0 Å². The zero-order valence-corrected chi connectivity index (χ0v) is 12.4. The summed E-state index contributed by atoms with van der Waals surface area (Å²) in [6, 6.07) is 9.80. The Balaban J connectivity index is 2.42. The van der Waals surface area contributed by atoms with Gasteiger partial charge >= 0.3 is 0 Å². The number of hydrogen-bond donors (Lipinski definition) is 1. The second kappa shape index (κ2) is 6.06. The molecule has 3 heteroatoms. The van der Waals surface area contributed by atoms with Crippen molar-refractivity contribution in [2.24, 2.45) is 0 Å². The van der Waals surface area contributed by atoms with Gasteiger partial charge in [-0.1, -0.05) is 26.0 Å². The van der Waals surface area contributed by atoms with E-state index >= 15 is 0 Å². The summed E-state index contributed by atoms with van der Waals surface area (Å²) >= 11 is 0. The highest BCUT2D eigenvalue weighted by Gasteiger charge is 2.14. The normalized spacial score (nSPS) is 12.5. The smallest absolute Gasteiger partial charge is 0.225 e. The van der Waals surface area contributed by atoms with Crippen molar-refractivity contribution in [3.8, 4) is 11.6 Å². The fraction of sp³-hybridized carbons (Fsp3) is 0.353. The van der Waals surface area contributed by atoms with E-state index in [0.717, 1.165) is 16.9 Å². The number of ether oxygens (including phenoxy) is 1. The molecule has 1 aromatic carbocycles. The van der Waals surface area contributed by atoms with Gasteiger partial charge in [-0.2, -0.15) is 0 Å². The first-order valence-corrected chi connectivity index (χ1v) is 6.90. The highest BCUT2D eigenvalue weighted by Crippen LogP contribution is 2.33. The van der Waals surface area contributed by atoms with Crippen LogP contribution in [0.5, 0.6) is 11.6 Å². The highest BCUT2D eigenvalue weighted by atomic mass is 16.5. The van der Waals surface area contributed by atoms with Crippen molar-refractivity contribution in [1.82, 2.24) is 4.98 Å². The van der Waals surface area contributed by atoms with Crippen molar-refractivity contribution in [2.45, 2.75) is 39.7 Å². The van der Waals surface area contributed by atoms with E-state index in [9.17, 15) is 5.11 Å². The first kappa shape index (κ1) is 14.5. The molecule has 2 aromatic rings. The fourth-order valence-corrected chi connectivity index (χ4v) is 2.12. The number of nitrogens with zero attached hydrogens (tertiary/aromatic N) is 1. The maximum Gasteiger partial charge on any atom is 0.225 e. The number of aliphatic hydroxyl groups excluding tert-OH is 1. The molecule has 1 heterocycles. The molecule has 0 aliphatic rings. The van der Waals surface area contributed by atoms with Crippen LogP contribution in [-0.4, -0.2) is 10.1 Å². The molecule has 1 N–H and O–H groups in total. The Morgan fingerprint density at radius 1 is 1.10 bits per heavy atom. The summed E-state index contributed by atoms with van der Waals surface area (Å²) < 4.78 is 5.97. The lowest BCUT2D eigenvalue weighted by Crippen LogP contribution is -2.01. The first-order chi connectivity index (χ1) is 9.49. The lowest BCUT2D eigenvalue weighted by molar-refractivity contribution is 0.194. The maximum absolute atomic E-state index is 9.80. The van der Waals surface area contributed by atoms with Gasteiger partial charge in [-0.15, -0.1) is 0 Å². The standard InChI is InChI=1S/C17H21NO2/c1-11(2)14-8-7-12(3)10-16(14)20-17-15(13(4)19)6-5-9-18-17/h5-11,13,19H,1-4H3/t13-/m0/s1. The third-order valence-corrected chi connectivity index (χ3v) is 3.25. The van der Waals surface area contributed by atoms with Crippen LogP contribution in [-0.2, 0) is 0 Å². The van der Waals surface area contributed by atoms with E-state index in [2.05, 4.69) is 31.0 Å². The second-order valence-electron chi connectivity index (χ2n) is 5.37. The average Bonchev–Trinajstić information content (AvgIpc) is 2.38. The van der Waals surface area contributed by atoms with Crippen LogP contribution < -0.4 is 4.74 Å². The second-order valence-corrected chi connectivity index (χ2v) is 5.37. The fourth-order valence-electron chi connectivity index (χ4n) is 2.12. The zero-order chi connectivity index (χ0) is 14.7. The van der Waals surface area contributed by atoms with Gasteiger partial charge in [0.15, 0.2) is 0 Å². The average molecular weight is 271 g/mol. The minimum absolute atomic E-state index is 0.365. The van der Waals surface area contributed by atoms with E-state index < -0.39 is 6.10 Å². The molecule has 1 aromatic heterocycles. The van der Waals surface area contributed by atoms with Gasteiger partial charge in [-0.25, -0.2) is 4.98 Å². The van der Waals surface area contributed by atoms with Crippen LogP contribution in [0.25, 0.3) is 0 Å². The molecule has 0 aliphatic heterocycles. The summed E-state index contributed by atoms with van der Waals surface area (Å²) in [5.74, 6) is 1.64. The number of hydrogen-bond acceptors (Lipinski definition) is 3. The molecule has 0 aliphatic carbocycles. The van der Waals surface area contributed by atoms with Crippen molar-refractivity contribution in [1.29, 1.82) is 0 Å². The van der Waals surface area contributed by atoms with Crippen LogP contribution in [0.1, 0.15) is 49.5 Å². The van der Waals surface area contributed by atoms with Crippen LogP contribution in [0.15, 0.2) is 36.5 Å². The third kappa shape index (κ3) is 3.17. The van der Waals surface area contributed by atoms with Crippen molar-refractivity contribution in [3.63, 3.8) is 0 Å². The lowest BCUT2D eigenvalue weighted by atomic mass is 10.0. The van der Waals surface area contributed by atoms with Gasteiger partial charge in [0.1, 0.15) is 5.75 Å².